The SMILES string of the molecule is CC(C)CC[C@]1(C)NC(=O)N(CC(=O)O[C@H](C)C(=O)c2ccc(F)cc2)C1=O. The lowest BCUT2D eigenvalue weighted by Gasteiger charge is -2.22. The highest BCUT2D eigenvalue weighted by atomic mass is 19.1. The molecule has 2 rings (SSSR count). The summed E-state index contributed by atoms with van der Waals surface area (Å²) >= 11 is 0. The lowest BCUT2D eigenvalue weighted by Crippen LogP contribution is -2.44. The molecule has 2 atom stereocenters. The molecule has 1 aromatic carbocycles. The molecule has 0 radical (unpaired) electrons. The van der Waals surface area contributed by atoms with Gasteiger partial charge in [0.1, 0.15) is 17.9 Å². The Hall–Kier alpha value is -2.77. The van der Waals surface area contributed by atoms with E-state index in [0.717, 1.165) is 23.5 Å². The van der Waals surface area contributed by atoms with Crippen molar-refractivity contribution in [2.75, 3.05) is 6.54 Å². The Balaban J connectivity index is 1.96. The average molecular weight is 392 g/mol. The third-order valence-electron chi connectivity index (χ3n) is 4.66. The van der Waals surface area contributed by atoms with Crippen LogP contribution in [0.15, 0.2) is 24.3 Å². The van der Waals surface area contributed by atoms with Crippen molar-refractivity contribution in [3.05, 3.63) is 35.6 Å². The number of hydrogen-bond acceptors (Lipinski definition) is 5. The first kappa shape index (κ1) is 21.5. The molecule has 1 aromatic rings. The van der Waals surface area contributed by atoms with Gasteiger partial charge in [-0.15, -0.1) is 0 Å². The number of esters is 1. The summed E-state index contributed by atoms with van der Waals surface area (Å²) in [4.78, 5) is 49.9. The Labute approximate surface area is 163 Å². The molecule has 3 amide bonds. The van der Waals surface area contributed by atoms with Crippen LogP contribution in [0.5, 0.6) is 0 Å². The van der Waals surface area contributed by atoms with Gasteiger partial charge in [-0.25, -0.2) is 9.18 Å². The molecule has 0 saturated carbocycles. The Kier molecular flexibility index (Phi) is 6.53. The molecule has 0 spiro atoms. The van der Waals surface area contributed by atoms with Crippen molar-refractivity contribution >= 4 is 23.7 Å². The Morgan fingerprint density at radius 3 is 2.36 bits per heavy atom. The van der Waals surface area contributed by atoms with Gasteiger partial charge >= 0.3 is 12.0 Å². The molecule has 0 aromatic heterocycles. The second-order valence-electron chi connectivity index (χ2n) is 7.59. The van der Waals surface area contributed by atoms with Gasteiger partial charge in [0.05, 0.1) is 0 Å². The molecule has 8 heteroatoms. The zero-order valence-electron chi connectivity index (χ0n) is 16.5. The Morgan fingerprint density at radius 1 is 1.18 bits per heavy atom. The first-order valence-corrected chi connectivity index (χ1v) is 9.17. The van der Waals surface area contributed by atoms with Gasteiger partial charge in [-0.3, -0.25) is 19.3 Å². The number of benzene rings is 1. The van der Waals surface area contributed by atoms with E-state index in [2.05, 4.69) is 5.32 Å². The minimum absolute atomic E-state index is 0.193. The van der Waals surface area contributed by atoms with Crippen LogP contribution in [0.3, 0.4) is 0 Å². The van der Waals surface area contributed by atoms with Gasteiger partial charge in [0.2, 0.25) is 5.78 Å². The van der Waals surface area contributed by atoms with E-state index < -0.39 is 47.7 Å². The van der Waals surface area contributed by atoms with E-state index in [1.165, 1.54) is 19.1 Å². The molecule has 0 bridgehead atoms. The van der Waals surface area contributed by atoms with Gasteiger partial charge in [0.25, 0.3) is 5.91 Å². The summed E-state index contributed by atoms with van der Waals surface area (Å²) in [6, 6.07) is 4.19. The average Bonchev–Trinajstić information content (AvgIpc) is 2.83. The quantitative estimate of drug-likeness (QED) is 0.417. The first-order chi connectivity index (χ1) is 13.0. The molecule has 7 nitrogen and oxygen atoms in total. The summed E-state index contributed by atoms with van der Waals surface area (Å²) < 4.78 is 18.0. The highest BCUT2D eigenvalue weighted by Gasteiger charge is 2.48. The molecule has 1 aliphatic rings. The van der Waals surface area contributed by atoms with Crippen molar-refractivity contribution in [3.8, 4) is 0 Å². The van der Waals surface area contributed by atoms with Gasteiger partial charge in [-0.1, -0.05) is 13.8 Å². The monoisotopic (exact) mass is 392 g/mol. The third-order valence-corrected chi connectivity index (χ3v) is 4.66. The summed E-state index contributed by atoms with van der Waals surface area (Å²) in [5.74, 6) is -2.00. The number of nitrogens with zero attached hydrogens (tertiary/aromatic N) is 1. The second kappa shape index (κ2) is 8.50. The predicted molar refractivity (Wildman–Crippen MR) is 99.0 cm³/mol. The molecule has 1 saturated heterocycles. The van der Waals surface area contributed by atoms with Crippen LogP contribution in [0.25, 0.3) is 0 Å². The van der Waals surface area contributed by atoms with Crippen LogP contribution in [-0.2, 0) is 14.3 Å². The number of carbonyl (C=O) groups is 4. The van der Waals surface area contributed by atoms with Crippen LogP contribution >= 0.6 is 0 Å². The van der Waals surface area contributed by atoms with Gasteiger partial charge in [0.15, 0.2) is 6.10 Å². The topological polar surface area (TPSA) is 92.8 Å². The molecule has 0 unspecified atom stereocenters. The van der Waals surface area contributed by atoms with E-state index >= 15 is 0 Å². The number of halogens is 1. The number of urea groups is 1. The highest BCUT2D eigenvalue weighted by molar-refractivity contribution is 6.08. The number of rotatable bonds is 8. The van der Waals surface area contributed by atoms with E-state index in [1.807, 2.05) is 13.8 Å². The summed E-state index contributed by atoms with van der Waals surface area (Å²) in [5.41, 5.74) is -0.866. The van der Waals surface area contributed by atoms with E-state index in [0.29, 0.717) is 12.3 Å². The summed E-state index contributed by atoms with van der Waals surface area (Å²) in [5, 5.41) is 2.63. The molecule has 152 valence electrons. The zero-order valence-corrected chi connectivity index (χ0v) is 16.5. The van der Waals surface area contributed by atoms with Crippen LogP contribution in [0.4, 0.5) is 9.18 Å². The Morgan fingerprint density at radius 2 is 1.79 bits per heavy atom. The molecule has 1 N–H and O–H groups in total. The van der Waals surface area contributed by atoms with Gasteiger partial charge in [-0.2, -0.15) is 0 Å². The van der Waals surface area contributed by atoms with Crippen LogP contribution < -0.4 is 5.32 Å². The van der Waals surface area contributed by atoms with Gasteiger partial charge < -0.3 is 10.1 Å². The summed E-state index contributed by atoms with van der Waals surface area (Å²) in [7, 11) is 0. The number of carbonyl (C=O) groups excluding carboxylic acids is 4. The van der Waals surface area contributed by atoms with Crippen LogP contribution in [0, 0.1) is 11.7 Å². The van der Waals surface area contributed by atoms with Crippen LogP contribution in [0.1, 0.15) is 50.9 Å². The van der Waals surface area contributed by atoms with E-state index in [4.69, 9.17) is 4.74 Å². The lowest BCUT2D eigenvalue weighted by molar-refractivity contribution is -0.149. The fourth-order valence-corrected chi connectivity index (χ4v) is 2.90. The summed E-state index contributed by atoms with van der Waals surface area (Å²) in [6.45, 7) is 6.45. The lowest BCUT2D eigenvalue weighted by atomic mass is 9.92. The Bertz CT molecular complexity index is 777. The standard InChI is InChI=1S/C20H25FN2O5/c1-12(2)9-10-20(4)18(26)23(19(27)22-20)11-16(24)28-13(3)17(25)14-5-7-15(21)8-6-14/h5-8,12-13H,9-11H2,1-4H3,(H,22,27)/t13-,20+/m1/s1. The first-order valence-electron chi connectivity index (χ1n) is 9.17. The number of ether oxygens (including phenoxy) is 1. The molecular weight excluding hydrogens is 367 g/mol. The zero-order chi connectivity index (χ0) is 21.1. The van der Waals surface area contributed by atoms with E-state index in [1.54, 1.807) is 6.92 Å². The normalized spacial score (nSPS) is 20.3. The van der Waals surface area contributed by atoms with Crippen molar-refractivity contribution in [1.82, 2.24) is 10.2 Å². The largest absolute Gasteiger partial charge is 0.453 e. The van der Waals surface area contributed by atoms with E-state index in [9.17, 15) is 23.6 Å². The number of imide groups is 1. The van der Waals surface area contributed by atoms with Crippen molar-refractivity contribution in [3.63, 3.8) is 0 Å². The molecule has 1 aliphatic heterocycles. The minimum atomic E-state index is -1.13. The maximum atomic E-state index is 13.0. The molecular formula is C20H25FN2O5. The second-order valence-corrected chi connectivity index (χ2v) is 7.59. The maximum absolute atomic E-state index is 13.0. The highest BCUT2D eigenvalue weighted by Crippen LogP contribution is 2.24. The summed E-state index contributed by atoms with van der Waals surface area (Å²) in [6.07, 6.45) is 0.0654. The van der Waals surface area contributed by atoms with Crippen LogP contribution in [0.2, 0.25) is 0 Å². The van der Waals surface area contributed by atoms with E-state index in [-0.39, 0.29) is 5.56 Å². The number of ketones is 1. The molecule has 1 fully saturated rings. The van der Waals surface area contributed by atoms with Gasteiger partial charge in [0, 0.05) is 5.56 Å². The number of nitrogens with one attached hydrogen (secondary N) is 1. The third kappa shape index (κ3) is 4.94. The van der Waals surface area contributed by atoms with Crippen molar-refractivity contribution in [2.45, 2.75) is 52.2 Å². The van der Waals surface area contributed by atoms with Crippen molar-refractivity contribution in [1.29, 1.82) is 0 Å². The smallest absolute Gasteiger partial charge is 0.326 e. The number of amides is 3. The fraction of sp³-hybridized carbons (Fsp3) is 0.500. The van der Waals surface area contributed by atoms with Crippen molar-refractivity contribution < 1.29 is 28.3 Å². The molecule has 0 aliphatic carbocycles. The van der Waals surface area contributed by atoms with Crippen LogP contribution in [-0.4, -0.2) is 46.8 Å². The van der Waals surface area contributed by atoms with Crippen molar-refractivity contribution in [2.24, 2.45) is 5.92 Å². The fourth-order valence-electron chi connectivity index (χ4n) is 2.90. The predicted octanol–water partition coefficient (Wildman–Crippen LogP) is 2.69. The molecule has 28 heavy (non-hydrogen) atoms. The number of Topliss-reactive ketones (excluding diaryl/α,β-unsaturated/α-hetero) is 1. The maximum Gasteiger partial charge on any atom is 0.326 e. The minimum Gasteiger partial charge on any atom is -0.453 e. The number of hydrogen-bond donors (Lipinski definition) is 1. The molecule has 1 heterocycles. The van der Waals surface area contributed by atoms with Gasteiger partial charge in [-0.05, 0) is 56.9 Å².